The van der Waals surface area contributed by atoms with Crippen LogP contribution in [0.4, 0.5) is 0 Å². The highest BCUT2D eigenvalue weighted by atomic mass is 32.3. The van der Waals surface area contributed by atoms with E-state index in [2.05, 4.69) is 67.9 Å². The van der Waals surface area contributed by atoms with Gasteiger partial charge in [-0.1, -0.05) is 29.4 Å². The average molecular weight is 918 g/mol. The van der Waals surface area contributed by atoms with Crippen molar-refractivity contribution < 1.29 is 61.0 Å². The van der Waals surface area contributed by atoms with Crippen molar-refractivity contribution in [3.63, 3.8) is 0 Å². The number of hydrogen-bond acceptors (Lipinski definition) is 18. The molecule has 1 rings (SSSR count). The minimum absolute atomic E-state index is 0.0600. The number of amides is 2. The number of nitrogens with zero attached hydrogens (tertiary/aromatic N) is 1. The van der Waals surface area contributed by atoms with Crippen molar-refractivity contribution in [3.8, 4) is 5.75 Å². The number of benzene rings is 1. The molecule has 0 radical (unpaired) electrons. The molecular weight excluding hydrogens is 855 g/mol. The second-order valence-corrected chi connectivity index (χ2v) is 17.3. The molecule has 26 heteroatoms. The number of carbonyl (C=O) groups is 2. The van der Waals surface area contributed by atoms with E-state index in [-0.39, 0.29) is 24.9 Å². The van der Waals surface area contributed by atoms with Gasteiger partial charge in [-0.2, -0.15) is 25.3 Å². The van der Waals surface area contributed by atoms with Crippen LogP contribution in [0.3, 0.4) is 0 Å². The zero-order valence-electron chi connectivity index (χ0n) is 34.7. The number of hydrogen-bond donors (Lipinski definition) is 11. The van der Waals surface area contributed by atoms with Crippen molar-refractivity contribution in [1.29, 1.82) is 0 Å². The maximum Gasteiger partial charge on any atom is 0.446 e. The molecule has 2 amide bonds. The molecule has 60 heavy (non-hydrogen) atoms. The molecule has 346 valence electrons. The van der Waals surface area contributed by atoms with E-state index >= 15 is 0 Å². The van der Waals surface area contributed by atoms with Gasteiger partial charge < -0.3 is 36.9 Å². The molecule has 0 spiro atoms. The largest absolute Gasteiger partial charge is 0.446 e. The van der Waals surface area contributed by atoms with Crippen molar-refractivity contribution in [2.45, 2.75) is 110 Å². The molecule has 1 aromatic carbocycles. The van der Waals surface area contributed by atoms with Crippen LogP contribution in [0.1, 0.15) is 83.5 Å². The van der Waals surface area contributed by atoms with Gasteiger partial charge in [0.05, 0.1) is 18.7 Å². The third kappa shape index (κ3) is 23.7. The van der Waals surface area contributed by atoms with Gasteiger partial charge in [0.1, 0.15) is 24.7 Å². The van der Waals surface area contributed by atoms with Gasteiger partial charge in [-0.3, -0.25) is 39.2 Å². The lowest BCUT2D eigenvalue weighted by molar-refractivity contribution is -0.141. The van der Waals surface area contributed by atoms with Gasteiger partial charge in [0.2, 0.25) is 11.8 Å². The highest BCUT2D eigenvalue weighted by Gasteiger charge is 2.34. The first-order chi connectivity index (χ1) is 27.7. The average Bonchev–Trinajstić information content (AvgIpc) is 3.11. The van der Waals surface area contributed by atoms with Gasteiger partial charge >= 0.3 is 31.2 Å². The Morgan fingerprint density at radius 2 is 1.52 bits per heavy atom. The van der Waals surface area contributed by atoms with E-state index in [4.69, 9.17) is 25.9 Å². The predicted octanol–water partition coefficient (Wildman–Crippen LogP) is -0.567. The number of carbonyl (C=O) groups excluding carboxylic acids is 2. The minimum atomic E-state index is -5.27. The molecule has 0 aromatic heterocycles. The first-order valence-electron chi connectivity index (χ1n) is 18.8. The smallest absolute Gasteiger partial charge is 0.361 e. The van der Waals surface area contributed by atoms with Crippen LogP contribution in [-0.4, -0.2) is 120 Å². The van der Waals surface area contributed by atoms with Crippen molar-refractivity contribution >= 4 is 43.0 Å². The second kappa shape index (κ2) is 26.3. The van der Waals surface area contributed by atoms with Crippen LogP contribution in [0.5, 0.6) is 5.75 Å². The van der Waals surface area contributed by atoms with Gasteiger partial charge in [-0.15, -0.1) is 0 Å². The van der Waals surface area contributed by atoms with Crippen molar-refractivity contribution in [2.24, 2.45) is 17.2 Å². The highest BCUT2D eigenvalue weighted by Crippen LogP contribution is 2.30. The van der Waals surface area contributed by atoms with Crippen LogP contribution < -0.4 is 48.0 Å². The molecule has 0 fully saturated rings. The summed E-state index contributed by atoms with van der Waals surface area (Å²) in [4.78, 5) is 29.0. The molecule has 0 saturated heterocycles. The molecule has 0 saturated carbocycles. The van der Waals surface area contributed by atoms with E-state index < -0.39 is 97.7 Å². The fourth-order valence-corrected chi connectivity index (χ4v) is 6.92. The van der Waals surface area contributed by atoms with Crippen LogP contribution >= 0.6 is 0 Å². The number of nitrogens with one attached hydrogen (secondary N) is 5. The summed E-state index contributed by atoms with van der Waals surface area (Å²) in [5.41, 5.74) is 19.1. The molecule has 0 aliphatic heterocycles. The Morgan fingerprint density at radius 1 is 0.883 bits per heavy atom. The lowest BCUT2D eigenvalue weighted by Gasteiger charge is -2.33. The van der Waals surface area contributed by atoms with Crippen LogP contribution in [0, 0.1) is 0 Å². The van der Waals surface area contributed by atoms with Gasteiger partial charge in [0.25, 0.3) is 0 Å². The van der Waals surface area contributed by atoms with E-state index in [9.17, 15) is 43.9 Å². The Balaban J connectivity index is 3.22. The normalized spacial score (nSPS) is 15.2. The molecule has 0 aliphatic rings. The Labute approximate surface area is 353 Å². The Bertz CT molecular complexity index is 1910. The summed E-state index contributed by atoms with van der Waals surface area (Å²) in [5, 5.41) is 14.7. The second-order valence-electron chi connectivity index (χ2n) is 14.1. The number of nitrogens with two attached hydrogens (primary N) is 3. The van der Waals surface area contributed by atoms with Gasteiger partial charge in [0, 0.05) is 19.2 Å². The molecule has 1 unspecified atom stereocenters. The summed E-state index contributed by atoms with van der Waals surface area (Å²) in [6.07, 6.45) is 4.23. The Hall–Kier alpha value is -3.19. The molecule has 0 aliphatic carbocycles. The van der Waals surface area contributed by atoms with Crippen molar-refractivity contribution in [1.82, 2.24) is 31.5 Å². The first-order valence-corrected chi connectivity index (χ1v) is 22.9. The minimum Gasteiger partial charge on any atom is -0.361 e. The highest BCUT2D eigenvalue weighted by molar-refractivity contribution is 7.81. The summed E-state index contributed by atoms with van der Waals surface area (Å²) in [6, 6.07) is -0.464. The molecule has 23 nitrogen and oxygen atoms in total. The molecule has 0 heterocycles. The molecule has 5 atom stereocenters. The number of rotatable bonds is 30. The first kappa shape index (κ1) is 54.8. The topological polar surface area (TPSA) is 366 Å². The summed E-state index contributed by atoms with van der Waals surface area (Å²) in [7, 11) is -12.5. The van der Waals surface area contributed by atoms with E-state index in [0.29, 0.717) is 25.9 Å². The summed E-state index contributed by atoms with van der Waals surface area (Å²) in [5.74, 6) is -1.93. The third-order valence-electron chi connectivity index (χ3n) is 8.73. The lowest BCUT2D eigenvalue weighted by atomic mass is 9.99. The third-order valence-corrected chi connectivity index (χ3v) is 9.99. The van der Waals surface area contributed by atoms with E-state index in [1.807, 2.05) is 0 Å². The van der Waals surface area contributed by atoms with Crippen LogP contribution in [0.25, 0.3) is 0 Å². The van der Waals surface area contributed by atoms with E-state index in [1.165, 1.54) is 30.0 Å². The fraction of sp³-hybridized carbons (Fsp3) is 0.647. The fourth-order valence-electron chi connectivity index (χ4n) is 5.72. The van der Waals surface area contributed by atoms with Crippen LogP contribution in [0.2, 0.25) is 0 Å². The molecule has 14 N–H and O–H groups in total. The summed E-state index contributed by atoms with van der Waals surface area (Å²) in [6.45, 7) is 7.65. The molecular formula is C34H63N9O14S3. The van der Waals surface area contributed by atoms with Crippen LogP contribution in [-0.2, 0) is 55.8 Å². The maximum absolute atomic E-state index is 13.9. The predicted molar refractivity (Wildman–Crippen MR) is 222 cm³/mol. The Morgan fingerprint density at radius 3 is 2.08 bits per heavy atom. The summed E-state index contributed by atoms with van der Waals surface area (Å²) < 4.78 is 111. The van der Waals surface area contributed by atoms with Crippen molar-refractivity contribution in [3.05, 3.63) is 52.6 Å². The van der Waals surface area contributed by atoms with Gasteiger partial charge in [-0.25, -0.2) is 8.37 Å². The summed E-state index contributed by atoms with van der Waals surface area (Å²) >= 11 is 0. The van der Waals surface area contributed by atoms with Gasteiger partial charge in [0.15, 0.2) is 5.75 Å². The molecule has 0 bridgehead atoms. The zero-order valence-corrected chi connectivity index (χ0v) is 37.1. The Kier molecular flexibility index (Phi) is 24.1. The lowest BCUT2D eigenvalue weighted by Crippen LogP contribution is -2.55. The van der Waals surface area contributed by atoms with Crippen molar-refractivity contribution in [2.75, 3.05) is 33.7 Å². The zero-order chi connectivity index (χ0) is 45.8. The monoisotopic (exact) mass is 917 g/mol. The van der Waals surface area contributed by atoms with Gasteiger partial charge in [-0.05, 0) is 104 Å². The number of allylic oxidation sites excluding steroid dienone is 3. The standard InChI is InChI=1S/C34H63N9O14S3/c1-22(2)10-7-11-23(3)16-19-41-34(37)40-18-8-12-27(38-5)32(45)43(6)28(13-9-17-39-33(35)36)31(44)42-24(4)30(57-60(52,53)54)25-14-15-29(56-59(49,50)51)26(20-25)21-55-58(46,47)48/h10,14-16,20,24,27-28,30,33-34,38-41H,7-9,11-13,17-19,21,35-37H2,1-6H3,(H,42,44)(H,46,47,48)(H,49,50,51)(H,52,53,54)/b23-16-/t24-,27+,28+,30+,34?/m1/s1. The van der Waals surface area contributed by atoms with E-state index in [0.717, 1.165) is 31.0 Å². The number of likely N-dealkylation sites (N-methyl/N-ethyl adjacent to an activating group) is 2. The SMILES string of the molecule is CN[C@@H](CCCNC(N)NC/C=C(/C)CCC=C(C)C)C(=O)N(C)[C@@H](CCCNC(N)N)C(=O)N[C@H](C)[C@H](OS(=O)(=O)O)c1ccc(OS(=O)(=O)O)c(COS(=O)(=O)O)c1. The van der Waals surface area contributed by atoms with Crippen LogP contribution in [0.15, 0.2) is 41.5 Å². The maximum atomic E-state index is 13.9. The quantitative estimate of drug-likeness (QED) is 0.0199. The molecule has 1 aromatic rings. The van der Waals surface area contributed by atoms with E-state index in [1.54, 1.807) is 7.05 Å².